The molecule has 3 aromatic heterocycles. The third kappa shape index (κ3) is 2.37. The van der Waals surface area contributed by atoms with Crippen LogP contribution in [0.15, 0.2) is 24.7 Å². The average molecular weight is 285 g/mol. The normalized spacial score (nSPS) is 11.5. The first-order chi connectivity index (χ1) is 10.1. The summed E-state index contributed by atoms with van der Waals surface area (Å²) in [6.07, 6.45) is 4.55. The quantitative estimate of drug-likeness (QED) is 0.741. The predicted octanol–water partition coefficient (Wildman–Crippen LogP) is 3.17. The molecule has 6 heteroatoms. The fourth-order valence-electron chi connectivity index (χ4n) is 2.24. The molecule has 0 aliphatic heterocycles. The van der Waals surface area contributed by atoms with Gasteiger partial charge >= 0.3 is 0 Å². The lowest BCUT2D eigenvalue weighted by molar-refractivity contribution is 0.621. The second-order valence-corrected chi connectivity index (χ2v) is 5.17. The number of nitrogens with zero attached hydrogens (tertiary/aromatic N) is 5. The van der Waals surface area contributed by atoms with Gasteiger partial charge in [-0.1, -0.05) is 13.8 Å². The summed E-state index contributed by atoms with van der Waals surface area (Å²) in [7, 11) is 0. The molecule has 0 saturated heterocycles. The van der Waals surface area contributed by atoms with Crippen LogP contribution in [0.3, 0.4) is 0 Å². The molecular weight excluding hydrogens is 269 g/mol. The first-order valence-electron chi connectivity index (χ1n) is 6.94. The maximum absolute atomic E-state index is 13.4. The molecule has 21 heavy (non-hydrogen) atoms. The molecule has 0 saturated carbocycles. The maximum atomic E-state index is 13.4. The zero-order chi connectivity index (χ0) is 15.0. The van der Waals surface area contributed by atoms with Crippen LogP contribution >= 0.6 is 0 Å². The van der Waals surface area contributed by atoms with Crippen LogP contribution in [-0.2, 0) is 6.54 Å². The summed E-state index contributed by atoms with van der Waals surface area (Å²) in [6, 6.07) is 1.42. The molecule has 0 N–H and O–H groups in total. The summed E-state index contributed by atoms with van der Waals surface area (Å²) in [4.78, 5) is 17.4. The fourth-order valence-corrected chi connectivity index (χ4v) is 2.24. The third-order valence-electron chi connectivity index (χ3n) is 3.35. The molecule has 0 amide bonds. The van der Waals surface area contributed by atoms with Gasteiger partial charge in [0.15, 0.2) is 11.3 Å². The maximum Gasteiger partial charge on any atom is 0.198 e. The second-order valence-electron chi connectivity index (χ2n) is 5.17. The number of halogens is 1. The number of aryl methyl sites for hydroxylation is 1. The topological polar surface area (TPSA) is 56.5 Å². The molecular formula is C15H16FN5. The smallest absolute Gasteiger partial charge is 0.198 e. The van der Waals surface area contributed by atoms with Crippen molar-refractivity contribution >= 4 is 11.3 Å². The molecule has 0 bridgehead atoms. The standard InChI is InChI=1S/C15H16FN5/c1-4-21-14(10-5-11(16)7-17-6-10)20-13-15(21)18-8-12(19-13)9(2)3/h5-9H,4H2,1-3H3. The highest BCUT2D eigenvalue weighted by atomic mass is 19.1. The van der Waals surface area contributed by atoms with Crippen LogP contribution in [0.2, 0.25) is 0 Å². The minimum absolute atomic E-state index is 0.285. The molecule has 3 aromatic rings. The Morgan fingerprint density at radius 2 is 2.00 bits per heavy atom. The number of imidazole rings is 1. The van der Waals surface area contributed by atoms with Gasteiger partial charge in [-0.15, -0.1) is 0 Å². The van der Waals surface area contributed by atoms with Gasteiger partial charge in [0.05, 0.1) is 18.1 Å². The van der Waals surface area contributed by atoms with Crippen LogP contribution in [-0.4, -0.2) is 24.5 Å². The van der Waals surface area contributed by atoms with E-state index in [-0.39, 0.29) is 11.7 Å². The molecule has 3 heterocycles. The van der Waals surface area contributed by atoms with Crippen LogP contribution < -0.4 is 0 Å². The van der Waals surface area contributed by atoms with Crippen LogP contribution in [0.5, 0.6) is 0 Å². The third-order valence-corrected chi connectivity index (χ3v) is 3.35. The Kier molecular flexibility index (Phi) is 3.37. The molecule has 0 aromatic carbocycles. The number of aromatic nitrogens is 5. The largest absolute Gasteiger partial charge is 0.308 e. The van der Waals surface area contributed by atoms with E-state index in [1.807, 2.05) is 11.5 Å². The molecule has 0 radical (unpaired) electrons. The Balaban J connectivity index is 2.23. The molecule has 0 fully saturated rings. The van der Waals surface area contributed by atoms with Gasteiger partial charge < -0.3 is 4.57 Å². The van der Waals surface area contributed by atoms with Crippen molar-refractivity contribution in [3.63, 3.8) is 0 Å². The Hall–Kier alpha value is -2.37. The Morgan fingerprint density at radius 3 is 2.67 bits per heavy atom. The lowest BCUT2D eigenvalue weighted by Gasteiger charge is -2.05. The highest BCUT2D eigenvalue weighted by Gasteiger charge is 2.15. The van der Waals surface area contributed by atoms with Crippen LogP contribution in [0.1, 0.15) is 32.4 Å². The Morgan fingerprint density at radius 1 is 1.19 bits per heavy atom. The van der Waals surface area contributed by atoms with Gasteiger partial charge in [0.1, 0.15) is 11.6 Å². The van der Waals surface area contributed by atoms with E-state index in [2.05, 4.69) is 33.8 Å². The average Bonchev–Trinajstić information content (AvgIpc) is 2.84. The van der Waals surface area contributed by atoms with Gasteiger partial charge in [0, 0.05) is 18.3 Å². The molecule has 0 spiro atoms. The SMILES string of the molecule is CCn1c(-c2cncc(F)c2)nc2nc(C(C)C)cnc21. The van der Waals surface area contributed by atoms with E-state index in [0.29, 0.717) is 29.2 Å². The zero-order valence-electron chi connectivity index (χ0n) is 12.2. The van der Waals surface area contributed by atoms with Gasteiger partial charge in [-0.2, -0.15) is 0 Å². The number of hydrogen-bond donors (Lipinski definition) is 0. The van der Waals surface area contributed by atoms with Gasteiger partial charge in [-0.25, -0.2) is 19.3 Å². The van der Waals surface area contributed by atoms with Crippen molar-refractivity contribution in [3.8, 4) is 11.4 Å². The van der Waals surface area contributed by atoms with Crippen molar-refractivity contribution in [2.75, 3.05) is 0 Å². The minimum Gasteiger partial charge on any atom is -0.308 e. The van der Waals surface area contributed by atoms with E-state index in [4.69, 9.17) is 0 Å². The van der Waals surface area contributed by atoms with E-state index in [1.54, 1.807) is 12.4 Å². The van der Waals surface area contributed by atoms with Crippen molar-refractivity contribution < 1.29 is 4.39 Å². The number of pyridine rings is 1. The second kappa shape index (κ2) is 5.20. The summed E-state index contributed by atoms with van der Waals surface area (Å²) < 4.78 is 15.3. The lowest BCUT2D eigenvalue weighted by Crippen LogP contribution is -2.00. The molecule has 0 unspecified atom stereocenters. The summed E-state index contributed by atoms with van der Waals surface area (Å²) in [5.41, 5.74) is 2.82. The summed E-state index contributed by atoms with van der Waals surface area (Å²) in [6.45, 7) is 6.79. The highest BCUT2D eigenvalue weighted by Crippen LogP contribution is 2.23. The number of rotatable bonds is 3. The van der Waals surface area contributed by atoms with Crippen LogP contribution in [0, 0.1) is 5.82 Å². The summed E-state index contributed by atoms with van der Waals surface area (Å²) >= 11 is 0. The lowest BCUT2D eigenvalue weighted by atomic mass is 10.1. The van der Waals surface area contributed by atoms with E-state index in [9.17, 15) is 4.39 Å². The monoisotopic (exact) mass is 285 g/mol. The van der Waals surface area contributed by atoms with E-state index in [0.717, 1.165) is 5.69 Å². The van der Waals surface area contributed by atoms with Crippen LogP contribution in [0.4, 0.5) is 4.39 Å². The molecule has 0 atom stereocenters. The Bertz CT molecular complexity index is 794. The van der Waals surface area contributed by atoms with Gasteiger partial charge in [-0.3, -0.25) is 4.98 Å². The van der Waals surface area contributed by atoms with Gasteiger partial charge in [0.25, 0.3) is 0 Å². The first kappa shape index (κ1) is 13.6. The van der Waals surface area contributed by atoms with Gasteiger partial charge in [0.2, 0.25) is 0 Å². The molecule has 0 aliphatic rings. The van der Waals surface area contributed by atoms with Crippen molar-refractivity contribution in [2.24, 2.45) is 0 Å². The molecule has 108 valence electrons. The minimum atomic E-state index is -0.383. The number of fused-ring (bicyclic) bond motifs is 1. The zero-order valence-corrected chi connectivity index (χ0v) is 12.2. The Labute approximate surface area is 121 Å². The fraction of sp³-hybridized carbons (Fsp3) is 0.333. The molecule has 5 nitrogen and oxygen atoms in total. The molecule has 0 aliphatic carbocycles. The van der Waals surface area contributed by atoms with E-state index >= 15 is 0 Å². The van der Waals surface area contributed by atoms with Crippen molar-refractivity contribution in [3.05, 3.63) is 36.2 Å². The van der Waals surface area contributed by atoms with Crippen LogP contribution in [0.25, 0.3) is 22.7 Å². The van der Waals surface area contributed by atoms with Crippen molar-refractivity contribution in [1.82, 2.24) is 24.5 Å². The highest BCUT2D eigenvalue weighted by molar-refractivity contribution is 5.73. The van der Waals surface area contributed by atoms with Crippen molar-refractivity contribution in [1.29, 1.82) is 0 Å². The molecule has 3 rings (SSSR count). The predicted molar refractivity (Wildman–Crippen MR) is 78.3 cm³/mol. The van der Waals surface area contributed by atoms with Gasteiger partial charge in [-0.05, 0) is 18.9 Å². The van der Waals surface area contributed by atoms with Crippen molar-refractivity contribution in [2.45, 2.75) is 33.2 Å². The summed E-state index contributed by atoms with van der Waals surface area (Å²) in [5.74, 6) is 0.541. The van der Waals surface area contributed by atoms with E-state index in [1.165, 1.54) is 12.3 Å². The van der Waals surface area contributed by atoms with E-state index < -0.39 is 0 Å². The summed E-state index contributed by atoms with van der Waals surface area (Å²) in [5, 5.41) is 0. The number of hydrogen-bond acceptors (Lipinski definition) is 4. The first-order valence-corrected chi connectivity index (χ1v) is 6.94.